The summed E-state index contributed by atoms with van der Waals surface area (Å²) in [6, 6.07) is 17.3. The molecule has 0 bridgehead atoms. The van der Waals surface area contributed by atoms with E-state index < -0.39 is 17.3 Å². The number of aromatic nitrogens is 2. The predicted octanol–water partition coefficient (Wildman–Crippen LogP) is 2.75. The third-order valence-electron chi connectivity index (χ3n) is 4.38. The SMILES string of the molecule is Cc1c(N/C(=C\C(=O)c2ccccc2)C(=O)O)c(=O)n(-c2ccccc2)n1C. The molecule has 0 radical (unpaired) electrons. The Bertz CT molecular complexity index is 1110. The summed E-state index contributed by atoms with van der Waals surface area (Å²) in [5, 5.41) is 12.1. The number of nitrogens with zero attached hydrogens (tertiary/aromatic N) is 2. The van der Waals surface area contributed by atoms with Gasteiger partial charge in [0.15, 0.2) is 5.78 Å². The van der Waals surface area contributed by atoms with Crippen LogP contribution in [0.1, 0.15) is 16.1 Å². The van der Waals surface area contributed by atoms with Gasteiger partial charge in [-0.25, -0.2) is 9.48 Å². The number of allylic oxidation sites excluding steroid dienone is 1. The summed E-state index contributed by atoms with van der Waals surface area (Å²) < 4.78 is 3.05. The van der Waals surface area contributed by atoms with E-state index in [0.29, 0.717) is 16.9 Å². The van der Waals surface area contributed by atoms with Gasteiger partial charge in [-0.15, -0.1) is 0 Å². The fourth-order valence-corrected chi connectivity index (χ4v) is 2.82. The number of hydrogen-bond acceptors (Lipinski definition) is 4. The van der Waals surface area contributed by atoms with Crippen molar-refractivity contribution in [1.82, 2.24) is 9.36 Å². The number of hydrogen-bond donors (Lipinski definition) is 2. The number of para-hydroxylation sites is 1. The van der Waals surface area contributed by atoms with Gasteiger partial charge >= 0.3 is 5.97 Å². The predicted molar refractivity (Wildman–Crippen MR) is 106 cm³/mol. The van der Waals surface area contributed by atoms with Crippen molar-refractivity contribution in [2.45, 2.75) is 6.92 Å². The van der Waals surface area contributed by atoms with Crippen molar-refractivity contribution in [3.63, 3.8) is 0 Å². The van der Waals surface area contributed by atoms with Crippen LogP contribution < -0.4 is 10.9 Å². The fourth-order valence-electron chi connectivity index (χ4n) is 2.82. The highest BCUT2D eigenvalue weighted by Gasteiger charge is 2.20. The molecular formula is C21H19N3O4. The highest BCUT2D eigenvalue weighted by Crippen LogP contribution is 2.16. The highest BCUT2D eigenvalue weighted by molar-refractivity contribution is 6.09. The second-order valence-corrected chi connectivity index (χ2v) is 6.15. The van der Waals surface area contributed by atoms with E-state index in [4.69, 9.17) is 0 Å². The van der Waals surface area contributed by atoms with E-state index in [1.165, 1.54) is 4.68 Å². The second kappa shape index (κ2) is 7.79. The zero-order chi connectivity index (χ0) is 20.3. The summed E-state index contributed by atoms with van der Waals surface area (Å²) in [5.41, 5.74) is 0.848. The number of carbonyl (C=O) groups is 2. The Hall–Kier alpha value is -3.87. The lowest BCUT2D eigenvalue weighted by molar-refractivity contribution is -0.132. The van der Waals surface area contributed by atoms with Crippen molar-refractivity contribution >= 4 is 17.4 Å². The maximum Gasteiger partial charge on any atom is 0.352 e. The number of benzene rings is 2. The summed E-state index contributed by atoms with van der Waals surface area (Å²) in [5.74, 6) is -1.80. The van der Waals surface area contributed by atoms with Crippen LogP contribution in [0, 0.1) is 6.92 Å². The van der Waals surface area contributed by atoms with Crippen molar-refractivity contribution in [1.29, 1.82) is 0 Å². The molecule has 0 spiro atoms. The summed E-state index contributed by atoms with van der Waals surface area (Å²) in [6.07, 6.45) is 0.983. The number of carbonyl (C=O) groups excluding carboxylic acids is 1. The Labute approximate surface area is 161 Å². The van der Waals surface area contributed by atoms with Crippen molar-refractivity contribution in [3.8, 4) is 5.69 Å². The van der Waals surface area contributed by atoms with Gasteiger partial charge in [-0.2, -0.15) is 0 Å². The summed E-state index contributed by atoms with van der Waals surface area (Å²) >= 11 is 0. The molecule has 0 atom stereocenters. The minimum Gasteiger partial charge on any atom is -0.477 e. The summed E-state index contributed by atoms with van der Waals surface area (Å²) in [4.78, 5) is 36.9. The molecule has 0 aliphatic rings. The molecule has 2 aromatic carbocycles. The van der Waals surface area contributed by atoms with Crippen LogP contribution in [-0.4, -0.2) is 26.2 Å². The van der Waals surface area contributed by atoms with E-state index in [9.17, 15) is 19.5 Å². The Kier molecular flexibility index (Phi) is 5.26. The van der Waals surface area contributed by atoms with E-state index in [2.05, 4.69) is 5.32 Å². The summed E-state index contributed by atoms with van der Waals surface area (Å²) in [7, 11) is 1.70. The Morgan fingerprint density at radius 3 is 2.14 bits per heavy atom. The lowest BCUT2D eigenvalue weighted by Crippen LogP contribution is -2.22. The van der Waals surface area contributed by atoms with E-state index in [1.54, 1.807) is 73.3 Å². The van der Waals surface area contributed by atoms with Crippen molar-refractivity contribution in [2.75, 3.05) is 5.32 Å². The monoisotopic (exact) mass is 377 g/mol. The van der Waals surface area contributed by atoms with Crippen LogP contribution in [0.3, 0.4) is 0 Å². The molecule has 0 aliphatic carbocycles. The van der Waals surface area contributed by atoms with Gasteiger partial charge in [-0.1, -0.05) is 48.5 Å². The molecule has 0 aliphatic heterocycles. The molecule has 1 aromatic heterocycles. The minimum absolute atomic E-state index is 0.0980. The average Bonchev–Trinajstić information content (AvgIpc) is 2.91. The number of rotatable bonds is 6. The van der Waals surface area contributed by atoms with Crippen molar-refractivity contribution < 1.29 is 14.7 Å². The molecule has 7 heteroatoms. The molecule has 3 aromatic rings. The fraction of sp³-hybridized carbons (Fsp3) is 0.0952. The Morgan fingerprint density at radius 2 is 1.57 bits per heavy atom. The van der Waals surface area contributed by atoms with Gasteiger partial charge in [0.05, 0.1) is 11.4 Å². The smallest absolute Gasteiger partial charge is 0.352 e. The van der Waals surface area contributed by atoms with E-state index >= 15 is 0 Å². The largest absolute Gasteiger partial charge is 0.477 e. The Morgan fingerprint density at radius 1 is 1.00 bits per heavy atom. The first-order valence-electron chi connectivity index (χ1n) is 8.55. The third kappa shape index (κ3) is 3.64. The van der Waals surface area contributed by atoms with Gasteiger partial charge in [0.2, 0.25) is 0 Å². The average molecular weight is 377 g/mol. The van der Waals surface area contributed by atoms with Crippen molar-refractivity contribution in [2.24, 2.45) is 7.05 Å². The molecule has 1 heterocycles. The number of aliphatic carboxylic acids is 1. The lowest BCUT2D eigenvalue weighted by atomic mass is 10.1. The van der Waals surface area contributed by atoms with Crippen LogP contribution in [-0.2, 0) is 11.8 Å². The first-order chi connectivity index (χ1) is 13.4. The molecule has 0 fully saturated rings. The zero-order valence-corrected chi connectivity index (χ0v) is 15.4. The van der Waals surface area contributed by atoms with Crippen LogP contribution in [0.25, 0.3) is 5.69 Å². The number of nitrogens with one attached hydrogen (secondary N) is 1. The third-order valence-corrected chi connectivity index (χ3v) is 4.38. The number of carboxylic acids is 1. The van der Waals surface area contributed by atoms with Crippen LogP contribution in [0.4, 0.5) is 5.69 Å². The number of ketones is 1. The van der Waals surface area contributed by atoms with Gasteiger partial charge in [0, 0.05) is 18.7 Å². The molecule has 0 amide bonds. The van der Waals surface area contributed by atoms with Crippen LogP contribution in [0.5, 0.6) is 0 Å². The Balaban J connectivity index is 2.02. The molecule has 142 valence electrons. The molecule has 28 heavy (non-hydrogen) atoms. The van der Waals surface area contributed by atoms with Gasteiger partial charge in [-0.3, -0.25) is 14.3 Å². The number of anilines is 1. The number of carboxylic acid groups (broad SMARTS) is 1. The molecule has 0 saturated carbocycles. The summed E-state index contributed by atoms with van der Waals surface area (Å²) in [6.45, 7) is 1.70. The molecule has 3 rings (SSSR count). The lowest BCUT2D eigenvalue weighted by Gasteiger charge is -2.07. The van der Waals surface area contributed by atoms with Gasteiger partial charge in [0.1, 0.15) is 11.4 Å². The zero-order valence-electron chi connectivity index (χ0n) is 15.4. The molecule has 7 nitrogen and oxygen atoms in total. The standard InChI is InChI=1S/C21H19N3O4/c1-14-19(20(26)24(23(14)2)16-11-7-4-8-12-16)22-17(21(27)28)13-18(25)15-9-5-3-6-10-15/h3-13,22H,1-2H3,(H,27,28)/b17-13-. The van der Waals surface area contributed by atoms with Crippen LogP contribution >= 0.6 is 0 Å². The minimum atomic E-state index is -1.34. The molecule has 2 N–H and O–H groups in total. The first kappa shape index (κ1) is 18.9. The van der Waals surface area contributed by atoms with Crippen molar-refractivity contribution in [3.05, 3.63) is 94.0 Å². The quantitative estimate of drug-likeness (QED) is 0.509. The van der Waals surface area contributed by atoms with Gasteiger partial charge in [0.25, 0.3) is 5.56 Å². The van der Waals surface area contributed by atoms with E-state index in [1.807, 2.05) is 6.07 Å². The van der Waals surface area contributed by atoms with Crippen LogP contribution in [0.15, 0.2) is 77.2 Å². The molecule has 0 saturated heterocycles. The molecular weight excluding hydrogens is 358 g/mol. The topological polar surface area (TPSA) is 93.3 Å². The first-order valence-corrected chi connectivity index (χ1v) is 8.55. The molecule has 0 unspecified atom stereocenters. The van der Waals surface area contributed by atoms with E-state index in [0.717, 1.165) is 6.08 Å². The van der Waals surface area contributed by atoms with Gasteiger partial charge < -0.3 is 10.4 Å². The van der Waals surface area contributed by atoms with E-state index in [-0.39, 0.29) is 11.4 Å². The van der Waals surface area contributed by atoms with Gasteiger partial charge in [-0.05, 0) is 19.1 Å². The highest BCUT2D eigenvalue weighted by atomic mass is 16.4. The normalized spacial score (nSPS) is 11.3. The maximum absolute atomic E-state index is 12.9. The second-order valence-electron chi connectivity index (χ2n) is 6.15. The van der Waals surface area contributed by atoms with Crippen LogP contribution in [0.2, 0.25) is 0 Å². The maximum atomic E-state index is 12.9.